The van der Waals surface area contributed by atoms with Crippen molar-refractivity contribution in [3.63, 3.8) is 0 Å². The van der Waals surface area contributed by atoms with Gasteiger partial charge in [0.2, 0.25) is 5.91 Å². The molecule has 0 radical (unpaired) electrons. The minimum atomic E-state index is -2.84. The van der Waals surface area contributed by atoms with Gasteiger partial charge in [-0.1, -0.05) is 36.2 Å². The number of hydrogen-bond acceptors (Lipinski definition) is 2. The van der Waals surface area contributed by atoms with E-state index in [0.29, 0.717) is 12.8 Å². The maximum atomic E-state index is 12.3. The lowest BCUT2D eigenvalue weighted by Gasteiger charge is -2.41. The number of rotatable bonds is 5. The van der Waals surface area contributed by atoms with Gasteiger partial charge < -0.3 is 10.4 Å². The Balaban J connectivity index is 2.09. The fourth-order valence-corrected chi connectivity index (χ4v) is 2.58. The maximum absolute atomic E-state index is 12.3. The van der Waals surface area contributed by atoms with E-state index in [0.717, 1.165) is 17.5 Å². The van der Waals surface area contributed by atoms with Gasteiger partial charge in [0.05, 0.1) is 5.41 Å². The van der Waals surface area contributed by atoms with E-state index in [1.165, 1.54) is 0 Å². The largest absolute Gasteiger partial charge is 0.385 e. The van der Waals surface area contributed by atoms with Crippen molar-refractivity contribution >= 4 is 5.91 Å². The molecule has 0 bridgehead atoms. The first-order valence-electron chi connectivity index (χ1n) is 6.77. The minimum Gasteiger partial charge on any atom is -0.385 e. The number of alkyl halides is 2. The highest BCUT2D eigenvalue weighted by atomic mass is 19.3. The molecule has 20 heavy (non-hydrogen) atoms. The Kier molecular flexibility index (Phi) is 4.38. The molecule has 0 saturated heterocycles. The zero-order chi connectivity index (χ0) is 14.8. The summed E-state index contributed by atoms with van der Waals surface area (Å²) in [4.78, 5) is 12.3. The summed E-state index contributed by atoms with van der Waals surface area (Å²) >= 11 is 0. The van der Waals surface area contributed by atoms with Gasteiger partial charge in [-0.2, -0.15) is 0 Å². The van der Waals surface area contributed by atoms with Crippen molar-refractivity contribution in [2.75, 3.05) is 6.54 Å². The van der Waals surface area contributed by atoms with Crippen molar-refractivity contribution in [3.8, 4) is 0 Å². The van der Waals surface area contributed by atoms with Crippen LogP contribution in [0.3, 0.4) is 0 Å². The normalized spacial score (nSPS) is 18.4. The van der Waals surface area contributed by atoms with Crippen LogP contribution in [0.15, 0.2) is 24.3 Å². The Morgan fingerprint density at radius 3 is 2.65 bits per heavy atom. The third-order valence-corrected chi connectivity index (χ3v) is 3.98. The number of benzene rings is 1. The molecule has 2 rings (SSSR count). The molecule has 1 atom stereocenters. The number of aryl methyl sites for hydroxylation is 1. The highest BCUT2D eigenvalue weighted by molar-refractivity contribution is 5.89. The van der Waals surface area contributed by atoms with E-state index in [4.69, 9.17) is 5.11 Å². The Labute approximate surface area is 117 Å². The molecule has 1 saturated carbocycles. The average molecular weight is 283 g/mol. The summed E-state index contributed by atoms with van der Waals surface area (Å²) in [6, 6.07) is 7.71. The number of carbonyl (C=O) groups is 1. The van der Waals surface area contributed by atoms with Crippen LogP contribution in [0.5, 0.6) is 0 Å². The molecule has 2 N–H and O–H groups in total. The van der Waals surface area contributed by atoms with Crippen LogP contribution in [0.2, 0.25) is 0 Å². The second kappa shape index (κ2) is 5.87. The van der Waals surface area contributed by atoms with Gasteiger partial charge in [0.25, 0.3) is 6.43 Å². The molecule has 1 fully saturated rings. The summed E-state index contributed by atoms with van der Waals surface area (Å²) < 4.78 is 24.5. The first-order chi connectivity index (χ1) is 9.45. The van der Waals surface area contributed by atoms with Gasteiger partial charge in [-0.15, -0.1) is 0 Å². The van der Waals surface area contributed by atoms with Crippen LogP contribution in [0.4, 0.5) is 8.78 Å². The first kappa shape index (κ1) is 14.9. The Morgan fingerprint density at radius 1 is 1.45 bits per heavy atom. The second-order valence-corrected chi connectivity index (χ2v) is 5.42. The van der Waals surface area contributed by atoms with Crippen LogP contribution < -0.4 is 5.32 Å². The van der Waals surface area contributed by atoms with Crippen LogP contribution in [0.25, 0.3) is 0 Å². The lowest BCUT2D eigenvalue weighted by atomic mass is 9.63. The summed E-state index contributed by atoms with van der Waals surface area (Å²) in [6.07, 6.45) is -2.28. The number of carbonyl (C=O) groups excluding carboxylic acids is 1. The van der Waals surface area contributed by atoms with Crippen LogP contribution >= 0.6 is 0 Å². The van der Waals surface area contributed by atoms with E-state index in [1.54, 1.807) is 0 Å². The fourth-order valence-electron chi connectivity index (χ4n) is 2.58. The lowest BCUT2D eigenvalue weighted by molar-refractivity contribution is -0.131. The van der Waals surface area contributed by atoms with E-state index < -0.39 is 24.5 Å². The molecular formula is C15H19F2NO2. The van der Waals surface area contributed by atoms with Gasteiger partial charge in [0, 0.05) is 6.54 Å². The third kappa shape index (κ3) is 2.82. The molecule has 3 nitrogen and oxygen atoms in total. The van der Waals surface area contributed by atoms with Gasteiger partial charge in [-0.3, -0.25) is 4.79 Å². The van der Waals surface area contributed by atoms with E-state index in [-0.39, 0.29) is 5.91 Å². The molecular weight excluding hydrogens is 264 g/mol. The summed E-state index contributed by atoms with van der Waals surface area (Å²) in [5.41, 5.74) is 1.37. The highest BCUT2D eigenvalue weighted by Crippen LogP contribution is 2.44. The molecule has 5 heteroatoms. The predicted molar refractivity (Wildman–Crippen MR) is 71.7 cm³/mol. The summed E-state index contributed by atoms with van der Waals surface area (Å²) in [5.74, 6) is -0.269. The van der Waals surface area contributed by atoms with Crippen molar-refractivity contribution in [1.29, 1.82) is 0 Å². The van der Waals surface area contributed by atoms with Gasteiger partial charge in [-0.25, -0.2) is 8.78 Å². The molecule has 0 heterocycles. The van der Waals surface area contributed by atoms with Crippen LogP contribution in [-0.4, -0.2) is 30.1 Å². The van der Waals surface area contributed by atoms with Gasteiger partial charge >= 0.3 is 0 Å². The molecule has 0 aromatic heterocycles. The molecule has 1 aliphatic rings. The second-order valence-electron chi connectivity index (χ2n) is 5.42. The van der Waals surface area contributed by atoms with Gasteiger partial charge in [0.1, 0.15) is 6.10 Å². The van der Waals surface area contributed by atoms with E-state index in [2.05, 4.69) is 5.32 Å². The molecule has 1 aromatic carbocycles. The molecule has 110 valence electrons. The molecule has 1 aromatic rings. The third-order valence-electron chi connectivity index (χ3n) is 3.98. The van der Waals surface area contributed by atoms with Crippen molar-refractivity contribution in [3.05, 3.63) is 35.4 Å². The number of aliphatic hydroxyl groups excluding tert-OH is 1. The topological polar surface area (TPSA) is 49.3 Å². The zero-order valence-corrected chi connectivity index (χ0v) is 11.4. The first-order valence-corrected chi connectivity index (χ1v) is 6.77. The smallest absolute Gasteiger partial charge is 0.265 e. The van der Waals surface area contributed by atoms with Crippen LogP contribution in [0.1, 0.15) is 30.4 Å². The molecule has 1 amide bonds. The monoisotopic (exact) mass is 283 g/mol. The standard InChI is InChI=1S/C15H19F2NO2/c1-10-4-2-5-11(8-10)15(6-3-7-15)14(20)18-9-12(19)13(16)17/h2,4-5,8,12-13,19H,3,6-7,9H2,1H3,(H,18,20). The molecule has 1 aliphatic carbocycles. The number of aliphatic hydroxyl groups is 1. The molecule has 0 aliphatic heterocycles. The highest BCUT2D eigenvalue weighted by Gasteiger charge is 2.45. The summed E-state index contributed by atoms with van der Waals surface area (Å²) in [5, 5.41) is 11.5. The summed E-state index contributed by atoms with van der Waals surface area (Å²) in [6.45, 7) is 1.54. The van der Waals surface area contributed by atoms with Crippen molar-refractivity contribution < 1.29 is 18.7 Å². The predicted octanol–water partition coefficient (Wildman–Crippen LogP) is 2.16. The van der Waals surface area contributed by atoms with E-state index >= 15 is 0 Å². The SMILES string of the molecule is Cc1cccc(C2(C(=O)NCC(O)C(F)F)CCC2)c1. The molecule has 0 spiro atoms. The Bertz CT molecular complexity index is 487. The van der Waals surface area contributed by atoms with E-state index in [9.17, 15) is 13.6 Å². The number of hydrogen-bond donors (Lipinski definition) is 2. The van der Waals surface area contributed by atoms with Crippen LogP contribution in [-0.2, 0) is 10.2 Å². The summed E-state index contributed by atoms with van der Waals surface area (Å²) in [7, 11) is 0. The van der Waals surface area contributed by atoms with Crippen molar-refractivity contribution in [2.45, 2.75) is 44.1 Å². The zero-order valence-electron chi connectivity index (χ0n) is 11.4. The van der Waals surface area contributed by atoms with Crippen molar-refractivity contribution in [2.24, 2.45) is 0 Å². The Hall–Kier alpha value is -1.49. The molecule has 1 unspecified atom stereocenters. The maximum Gasteiger partial charge on any atom is 0.265 e. The average Bonchev–Trinajstić information content (AvgIpc) is 2.34. The van der Waals surface area contributed by atoms with Gasteiger partial charge in [0.15, 0.2) is 0 Å². The van der Waals surface area contributed by atoms with E-state index in [1.807, 2.05) is 31.2 Å². The van der Waals surface area contributed by atoms with Gasteiger partial charge in [-0.05, 0) is 25.3 Å². The number of nitrogens with one attached hydrogen (secondary N) is 1. The Morgan fingerprint density at radius 2 is 2.15 bits per heavy atom. The quantitative estimate of drug-likeness (QED) is 0.870. The number of amides is 1. The minimum absolute atomic E-state index is 0.269. The van der Waals surface area contributed by atoms with Crippen molar-refractivity contribution in [1.82, 2.24) is 5.32 Å². The number of halogens is 2. The fraction of sp³-hybridized carbons (Fsp3) is 0.533. The van der Waals surface area contributed by atoms with Crippen LogP contribution in [0, 0.1) is 6.92 Å². The lowest BCUT2D eigenvalue weighted by Crippen LogP contribution is -2.51.